The molecule has 0 aromatic heterocycles. The van der Waals surface area contributed by atoms with Crippen LogP contribution in [0.5, 0.6) is 0 Å². The van der Waals surface area contributed by atoms with Gasteiger partial charge < -0.3 is 4.74 Å². The van der Waals surface area contributed by atoms with E-state index >= 15 is 0 Å². The van der Waals surface area contributed by atoms with Crippen molar-refractivity contribution < 1.29 is 4.74 Å². The lowest BCUT2D eigenvalue weighted by atomic mass is 9.94. The second-order valence-corrected chi connectivity index (χ2v) is 3.25. The molecule has 0 aliphatic carbocycles. The molecule has 66 valence electrons. The van der Waals surface area contributed by atoms with Crippen LogP contribution >= 0.6 is 0 Å². The van der Waals surface area contributed by atoms with Gasteiger partial charge in [-0.05, 0) is 25.0 Å². The van der Waals surface area contributed by atoms with Crippen LogP contribution in [0.1, 0.15) is 29.7 Å². The Labute approximate surface area is 77.8 Å². The smallest absolute Gasteiger partial charge is 0.0995 e. The largest absolute Gasteiger partial charge is 0.373 e. The minimum absolute atomic E-state index is 0.0691. The number of hydrogen-bond donors (Lipinski definition) is 0. The van der Waals surface area contributed by atoms with Gasteiger partial charge in [-0.3, -0.25) is 0 Å². The predicted molar refractivity (Wildman–Crippen MR) is 49.2 cm³/mol. The van der Waals surface area contributed by atoms with Crippen LogP contribution in [0.2, 0.25) is 0 Å². The van der Waals surface area contributed by atoms with Gasteiger partial charge in [0.05, 0.1) is 24.3 Å². The van der Waals surface area contributed by atoms with Gasteiger partial charge in [-0.15, -0.1) is 0 Å². The third-order valence-corrected chi connectivity index (χ3v) is 2.46. The molecular formula is C11H11NO. The van der Waals surface area contributed by atoms with Gasteiger partial charge in [0.2, 0.25) is 0 Å². The zero-order valence-electron chi connectivity index (χ0n) is 7.58. The van der Waals surface area contributed by atoms with E-state index in [0.29, 0.717) is 0 Å². The van der Waals surface area contributed by atoms with Gasteiger partial charge in [-0.2, -0.15) is 5.26 Å². The number of benzene rings is 1. The molecule has 1 aliphatic rings. The fourth-order valence-electron chi connectivity index (χ4n) is 1.84. The van der Waals surface area contributed by atoms with Crippen LogP contribution in [0.15, 0.2) is 18.2 Å². The molecule has 1 aromatic rings. The lowest BCUT2D eigenvalue weighted by Gasteiger charge is -2.23. The van der Waals surface area contributed by atoms with E-state index in [1.54, 1.807) is 0 Å². The van der Waals surface area contributed by atoms with Crippen LogP contribution < -0.4 is 0 Å². The Bertz CT molecular complexity index is 365. The first-order valence-electron chi connectivity index (χ1n) is 4.46. The van der Waals surface area contributed by atoms with Crippen LogP contribution in [0.4, 0.5) is 0 Å². The molecule has 0 saturated carbocycles. The van der Waals surface area contributed by atoms with E-state index in [9.17, 15) is 0 Å². The van der Waals surface area contributed by atoms with E-state index in [2.05, 4.69) is 12.1 Å². The highest BCUT2D eigenvalue weighted by atomic mass is 16.5. The van der Waals surface area contributed by atoms with E-state index in [1.165, 1.54) is 5.56 Å². The number of rotatable bonds is 0. The summed E-state index contributed by atoms with van der Waals surface area (Å²) in [7, 11) is 0. The molecule has 1 unspecified atom stereocenters. The van der Waals surface area contributed by atoms with Crippen LogP contribution in [-0.2, 0) is 11.2 Å². The van der Waals surface area contributed by atoms with Gasteiger partial charge in [0.15, 0.2) is 0 Å². The molecule has 13 heavy (non-hydrogen) atoms. The van der Waals surface area contributed by atoms with Gasteiger partial charge >= 0.3 is 0 Å². The molecule has 0 amide bonds. The zero-order chi connectivity index (χ0) is 9.26. The molecule has 2 heteroatoms. The van der Waals surface area contributed by atoms with E-state index in [0.717, 1.165) is 24.2 Å². The van der Waals surface area contributed by atoms with E-state index in [4.69, 9.17) is 10.00 Å². The normalized spacial score (nSPS) is 20.5. The Morgan fingerprint density at radius 3 is 3.15 bits per heavy atom. The Kier molecular flexibility index (Phi) is 2.03. The van der Waals surface area contributed by atoms with Crippen molar-refractivity contribution in [1.82, 2.24) is 0 Å². The average Bonchev–Trinajstić information content (AvgIpc) is 2.17. The second-order valence-electron chi connectivity index (χ2n) is 3.25. The first-order chi connectivity index (χ1) is 6.33. The topological polar surface area (TPSA) is 33.0 Å². The lowest BCUT2D eigenvalue weighted by molar-refractivity contribution is 0.0553. The molecule has 1 heterocycles. The van der Waals surface area contributed by atoms with Crippen molar-refractivity contribution in [2.75, 3.05) is 6.61 Å². The first kappa shape index (κ1) is 8.28. The summed E-state index contributed by atoms with van der Waals surface area (Å²) in [6.07, 6.45) is 0.995. The fourth-order valence-corrected chi connectivity index (χ4v) is 1.84. The minimum atomic E-state index is 0.0691. The molecule has 0 bridgehead atoms. The van der Waals surface area contributed by atoms with E-state index in [-0.39, 0.29) is 6.10 Å². The number of nitriles is 1. The first-order valence-corrected chi connectivity index (χ1v) is 4.46. The molecule has 0 fully saturated rings. The number of hydrogen-bond acceptors (Lipinski definition) is 2. The van der Waals surface area contributed by atoms with Crippen molar-refractivity contribution in [3.05, 3.63) is 34.9 Å². The summed E-state index contributed by atoms with van der Waals surface area (Å²) in [6, 6.07) is 8.08. The summed E-state index contributed by atoms with van der Waals surface area (Å²) in [5.74, 6) is 0. The van der Waals surface area contributed by atoms with Gasteiger partial charge in [0.1, 0.15) is 0 Å². The number of fused-ring (bicyclic) bond motifs is 1. The van der Waals surface area contributed by atoms with Crippen LogP contribution in [0, 0.1) is 11.3 Å². The standard InChI is InChI=1S/C11H11NO/c1-8-11-9(5-6-13-8)3-2-4-10(11)7-12/h2-4,8H,5-6H2,1H3. The van der Waals surface area contributed by atoms with E-state index < -0.39 is 0 Å². The Hall–Kier alpha value is -1.33. The van der Waals surface area contributed by atoms with Crippen molar-refractivity contribution in [2.24, 2.45) is 0 Å². The second kappa shape index (κ2) is 3.20. The molecule has 2 rings (SSSR count). The highest BCUT2D eigenvalue weighted by Gasteiger charge is 2.19. The third-order valence-electron chi connectivity index (χ3n) is 2.46. The van der Waals surface area contributed by atoms with E-state index in [1.807, 2.05) is 19.1 Å². The molecule has 1 aromatic carbocycles. The highest BCUT2D eigenvalue weighted by molar-refractivity contribution is 5.45. The summed E-state index contributed by atoms with van der Waals surface area (Å²) in [4.78, 5) is 0. The van der Waals surface area contributed by atoms with Crippen LogP contribution in [-0.4, -0.2) is 6.61 Å². The maximum absolute atomic E-state index is 8.91. The maximum atomic E-state index is 8.91. The molecule has 1 atom stereocenters. The molecule has 2 nitrogen and oxygen atoms in total. The zero-order valence-corrected chi connectivity index (χ0v) is 7.58. The lowest BCUT2D eigenvalue weighted by Crippen LogP contribution is -2.15. The molecule has 0 spiro atoms. The number of nitrogens with zero attached hydrogens (tertiary/aromatic N) is 1. The third kappa shape index (κ3) is 1.32. The molecule has 0 N–H and O–H groups in total. The van der Waals surface area contributed by atoms with Gasteiger partial charge in [0, 0.05) is 5.56 Å². The van der Waals surface area contributed by atoms with Crippen molar-refractivity contribution >= 4 is 0 Å². The summed E-state index contributed by atoms with van der Waals surface area (Å²) in [6.45, 7) is 2.77. The monoisotopic (exact) mass is 173 g/mol. The average molecular weight is 173 g/mol. The Morgan fingerprint density at radius 1 is 1.54 bits per heavy atom. The minimum Gasteiger partial charge on any atom is -0.373 e. The summed E-state index contributed by atoms with van der Waals surface area (Å²) >= 11 is 0. The highest BCUT2D eigenvalue weighted by Crippen LogP contribution is 2.29. The van der Waals surface area contributed by atoms with Crippen molar-refractivity contribution in [3.8, 4) is 6.07 Å². The van der Waals surface area contributed by atoms with Crippen LogP contribution in [0.3, 0.4) is 0 Å². The summed E-state index contributed by atoms with van der Waals surface area (Å²) < 4.78 is 5.50. The summed E-state index contributed by atoms with van der Waals surface area (Å²) in [5.41, 5.74) is 3.10. The van der Waals surface area contributed by atoms with Gasteiger partial charge in [-0.1, -0.05) is 12.1 Å². The maximum Gasteiger partial charge on any atom is 0.0995 e. The van der Waals surface area contributed by atoms with Gasteiger partial charge in [-0.25, -0.2) is 0 Å². The molecular weight excluding hydrogens is 162 g/mol. The van der Waals surface area contributed by atoms with Gasteiger partial charge in [0.25, 0.3) is 0 Å². The van der Waals surface area contributed by atoms with Crippen molar-refractivity contribution in [1.29, 1.82) is 5.26 Å². The summed E-state index contributed by atoms with van der Waals surface area (Å²) in [5, 5.41) is 8.91. The molecule has 1 aliphatic heterocycles. The fraction of sp³-hybridized carbons (Fsp3) is 0.364. The number of ether oxygens (including phenoxy) is 1. The van der Waals surface area contributed by atoms with Crippen LogP contribution in [0.25, 0.3) is 0 Å². The van der Waals surface area contributed by atoms with Crippen molar-refractivity contribution in [2.45, 2.75) is 19.4 Å². The van der Waals surface area contributed by atoms with Crippen molar-refractivity contribution in [3.63, 3.8) is 0 Å². The molecule has 0 saturated heterocycles. The predicted octanol–water partition coefficient (Wildman–Crippen LogP) is 2.19. The Morgan fingerprint density at radius 2 is 2.38 bits per heavy atom. The Balaban J connectivity index is 2.58. The SMILES string of the molecule is CC1OCCc2cccc(C#N)c21. The molecule has 0 radical (unpaired) electrons. The quantitative estimate of drug-likeness (QED) is 0.602.